The van der Waals surface area contributed by atoms with Crippen LogP contribution in [-0.2, 0) is 9.59 Å². The van der Waals surface area contributed by atoms with Gasteiger partial charge in [-0.25, -0.2) is 9.59 Å². The Labute approximate surface area is 103 Å². The van der Waals surface area contributed by atoms with E-state index in [0.29, 0.717) is 16.9 Å². The predicted molar refractivity (Wildman–Crippen MR) is 67.4 cm³/mol. The molecule has 86 valence electrons. The van der Waals surface area contributed by atoms with E-state index < -0.39 is 0 Å². The maximum atomic E-state index is 10.4. The van der Waals surface area contributed by atoms with Crippen LogP contribution < -0.4 is 0 Å². The van der Waals surface area contributed by atoms with Gasteiger partial charge in [-0.05, 0) is 17.7 Å². The van der Waals surface area contributed by atoms with Crippen molar-refractivity contribution in [3.05, 3.63) is 48.5 Å². The van der Waals surface area contributed by atoms with Crippen LogP contribution in [0, 0.1) is 0 Å². The molecule has 0 aromatic heterocycles. The van der Waals surface area contributed by atoms with Crippen LogP contribution in [0.1, 0.15) is 0 Å². The topological polar surface area (TPSA) is 58.9 Å². The summed E-state index contributed by atoms with van der Waals surface area (Å²) in [7, 11) is 0. The summed E-state index contributed by atoms with van der Waals surface area (Å²) in [5.41, 5.74) is 2.28. The zero-order valence-electron chi connectivity index (χ0n) is 9.33. The Morgan fingerprint density at radius 2 is 1.28 bits per heavy atom. The van der Waals surface area contributed by atoms with Crippen LogP contribution in [0.25, 0.3) is 11.1 Å². The first kappa shape index (κ1) is 11.7. The molecule has 0 radical (unpaired) electrons. The van der Waals surface area contributed by atoms with Gasteiger partial charge in [-0.3, -0.25) is 0 Å². The highest BCUT2D eigenvalue weighted by Crippen LogP contribution is 2.37. The molecule has 0 saturated heterocycles. The summed E-state index contributed by atoms with van der Waals surface area (Å²) in [4.78, 5) is 28.1. The van der Waals surface area contributed by atoms with Crippen LogP contribution in [0.3, 0.4) is 0 Å². The maximum Gasteiger partial charge on any atom is 0.240 e. The fourth-order valence-corrected chi connectivity index (χ4v) is 1.71. The molecule has 2 aromatic rings. The van der Waals surface area contributed by atoms with E-state index in [1.807, 2.05) is 30.3 Å². The summed E-state index contributed by atoms with van der Waals surface area (Å²) in [6.45, 7) is 0. The molecule has 2 rings (SSSR count). The smallest absolute Gasteiger partial charge is 0.211 e. The van der Waals surface area contributed by atoms with Gasteiger partial charge < -0.3 is 0 Å². The van der Waals surface area contributed by atoms with Crippen molar-refractivity contribution in [2.45, 2.75) is 0 Å². The molecule has 0 fully saturated rings. The van der Waals surface area contributed by atoms with E-state index in [1.165, 1.54) is 12.2 Å². The Kier molecular flexibility index (Phi) is 3.57. The largest absolute Gasteiger partial charge is 0.240 e. The molecule has 0 saturated carbocycles. The summed E-state index contributed by atoms with van der Waals surface area (Å²) in [5, 5.41) is 0. The first-order valence-electron chi connectivity index (χ1n) is 5.21. The summed E-state index contributed by atoms with van der Waals surface area (Å²) in [6.07, 6.45) is 3.00. The molecule has 0 heterocycles. The first-order valence-corrected chi connectivity index (χ1v) is 5.21. The highest BCUT2D eigenvalue weighted by atomic mass is 16.1. The van der Waals surface area contributed by atoms with Crippen LogP contribution in [0.5, 0.6) is 0 Å². The SMILES string of the molecule is O=C=Nc1cccc(N=C=O)c1-c1ccccc1. The number of benzene rings is 2. The summed E-state index contributed by atoms with van der Waals surface area (Å²) in [5.74, 6) is 0. The van der Waals surface area contributed by atoms with Crippen LogP contribution in [0.4, 0.5) is 11.4 Å². The molecule has 0 aliphatic heterocycles. The molecular formula is C14H8N2O2. The maximum absolute atomic E-state index is 10.4. The van der Waals surface area contributed by atoms with E-state index in [1.54, 1.807) is 18.2 Å². The Morgan fingerprint density at radius 1 is 0.722 bits per heavy atom. The number of nitrogens with zero attached hydrogens (tertiary/aromatic N) is 2. The summed E-state index contributed by atoms with van der Waals surface area (Å²) in [6, 6.07) is 14.3. The second-order valence-electron chi connectivity index (χ2n) is 3.44. The third kappa shape index (κ3) is 2.30. The lowest BCUT2D eigenvalue weighted by molar-refractivity contribution is 0.565. The zero-order valence-corrected chi connectivity index (χ0v) is 9.33. The molecule has 0 amide bonds. The van der Waals surface area contributed by atoms with Crippen LogP contribution in [0.15, 0.2) is 58.5 Å². The fourth-order valence-electron chi connectivity index (χ4n) is 1.71. The second-order valence-corrected chi connectivity index (χ2v) is 3.44. The predicted octanol–water partition coefficient (Wildman–Crippen LogP) is 3.29. The average Bonchev–Trinajstić information content (AvgIpc) is 2.41. The number of hydrogen-bond acceptors (Lipinski definition) is 4. The Bertz CT molecular complexity index is 616. The lowest BCUT2D eigenvalue weighted by Crippen LogP contribution is -1.80. The quantitative estimate of drug-likeness (QED) is 0.606. The lowest BCUT2D eigenvalue weighted by atomic mass is 10.0. The monoisotopic (exact) mass is 236 g/mol. The number of carbonyl (C=O) groups excluding carboxylic acids is 2. The minimum absolute atomic E-state index is 0.424. The van der Waals surface area contributed by atoms with E-state index >= 15 is 0 Å². The lowest BCUT2D eigenvalue weighted by Gasteiger charge is -2.07. The molecular weight excluding hydrogens is 228 g/mol. The second kappa shape index (κ2) is 5.51. The van der Waals surface area contributed by atoms with Crippen molar-refractivity contribution in [3.8, 4) is 11.1 Å². The van der Waals surface area contributed by atoms with Gasteiger partial charge in [0.05, 0.1) is 11.4 Å². The fraction of sp³-hybridized carbons (Fsp3) is 0. The third-order valence-electron chi connectivity index (χ3n) is 2.42. The standard InChI is InChI=1S/C14H8N2O2/c17-9-15-12-7-4-8-13(16-10-18)14(12)11-5-2-1-3-6-11/h1-8H. The van der Waals surface area contributed by atoms with Gasteiger partial charge in [0.1, 0.15) is 0 Å². The average molecular weight is 236 g/mol. The minimum Gasteiger partial charge on any atom is -0.211 e. The van der Waals surface area contributed by atoms with E-state index in [9.17, 15) is 9.59 Å². The van der Waals surface area contributed by atoms with Crippen molar-refractivity contribution >= 4 is 23.5 Å². The van der Waals surface area contributed by atoms with Crippen molar-refractivity contribution in [1.29, 1.82) is 0 Å². The molecule has 18 heavy (non-hydrogen) atoms. The Hall–Kier alpha value is -2.80. The highest BCUT2D eigenvalue weighted by molar-refractivity contribution is 5.87. The molecule has 0 bridgehead atoms. The minimum atomic E-state index is 0.424. The van der Waals surface area contributed by atoms with Gasteiger partial charge in [0.2, 0.25) is 12.2 Å². The summed E-state index contributed by atoms with van der Waals surface area (Å²) >= 11 is 0. The summed E-state index contributed by atoms with van der Waals surface area (Å²) < 4.78 is 0. The van der Waals surface area contributed by atoms with Crippen molar-refractivity contribution < 1.29 is 9.59 Å². The van der Waals surface area contributed by atoms with E-state index in [2.05, 4.69) is 9.98 Å². The van der Waals surface area contributed by atoms with Gasteiger partial charge in [0, 0.05) is 5.56 Å². The first-order chi connectivity index (χ1) is 8.86. The molecule has 0 unspecified atom stereocenters. The van der Waals surface area contributed by atoms with E-state index in [0.717, 1.165) is 5.56 Å². The van der Waals surface area contributed by atoms with E-state index in [4.69, 9.17) is 0 Å². The van der Waals surface area contributed by atoms with E-state index in [-0.39, 0.29) is 0 Å². The van der Waals surface area contributed by atoms with Gasteiger partial charge in [0.25, 0.3) is 0 Å². The Morgan fingerprint density at radius 3 is 1.78 bits per heavy atom. The van der Waals surface area contributed by atoms with Gasteiger partial charge in [0.15, 0.2) is 0 Å². The number of aliphatic imine (C=N–C) groups is 2. The van der Waals surface area contributed by atoms with Crippen molar-refractivity contribution in [3.63, 3.8) is 0 Å². The number of rotatable bonds is 3. The molecule has 2 aromatic carbocycles. The molecule has 0 aliphatic carbocycles. The molecule has 4 nitrogen and oxygen atoms in total. The van der Waals surface area contributed by atoms with Gasteiger partial charge in [-0.15, -0.1) is 0 Å². The number of hydrogen-bond donors (Lipinski definition) is 0. The van der Waals surface area contributed by atoms with Gasteiger partial charge in [-0.1, -0.05) is 36.4 Å². The zero-order chi connectivity index (χ0) is 12.8. The molecule has 4 heteroatoms. The molecule has 0 N–H and O–H groups in total. The molecule has 0 aliphatic rings. The Balaban J connectivity index is 2.76. The highest BCUT2D eigenvalue weighted by Gasteiger charge is 2.09. The van der Waals surface area contributed by atoms with Crippen molar-refractivity contribution in [2.24, 2.45) is 9.98 Å². The van der Waals surface area contributed by atoms with Crippen LogP contribution in [0.2, 0.25) is 0 Å². The molecule has 0 atom stereocenters. The van der Waals surface area contributed by atoms with Gasteiger partial charge in [-0.2, -0.15) is 9.98 Å². The van der Waals surface area contributed by atoms with Crippen molar-refractivity contribution in [1.82, 2.24) is 0 Å². The molecule has 0 spiro atoms. The number of isocyanates is 2. The van der Waals surface area contributed by atoms with Crippen LogP contribution >= 0.6 is 0 Å². The third-order valence-corrected chi connectivity index (χ3v) is 2.42. The van der Waals surface area contributed by atoms with Gasteiger partial charge >= 0.3 is 0 Å². The van der Waals surface area contributed by atoms with Crippen molar-refractivity contribution in [2.75, 3.05) is 0 Å². The van der Waals surface area contributed by atoms with Crippen LogP contribution in [-0.4, -0.2) is 12.2 Å². The normalized spacial score (nSPS) is 9.11.